The van der Waals surface area contributed by atoms with Crippen molar-refractivity contribution in [3.8, 4) is 0 Å². The molecule has 1 aliphatic carbocycles. The molecule has 0 spiro atoms. The first-order chi connectivity index (χ1) is 7.11. The molecule has 0 radical (unpaired) electrons. The van der Waals surface area contributed by atoms with Gasteiger partial charge in [0.05, 0.1) is 10.7 Å². The molecule has 0 unspecified atom stereocenters. The number of anilines is 1. The summed E-state index contributed by atoms with van der Waals surface area (Å²) in [7, 11) is 0. The van der Waals surface area contributed by atoms with E-state index in [9.17, 15) is 4.39 Å². The summed E-state index contributed by atoms with van der Waals surface area (Å²) in [5.74, 6) is -0.00299. The van der Waals surface area contributed by atoms with Crippen molar-refractivity contribution >= 4 is 17.3 Å². The summed E-state index contributed by atoms with van der Waals surface area (Å²) >= 11 is 5.88. The van der Waals surface area contributed by atoms with Crippen LogP contribution in [0.5, 0.6) is 0 Å². The van der Waals surface area contributed by atoms with Crippen LogP contribution < -0.4 is 5.73 Å². The van der Waals surface area contributed by atoms with Gasteiger partial charge >= 0.3 is 0 Å². The van der Waals surface area contributed by atoms with Gasteiger partial charge in [-0.15, -0.1) is 0 Å². The Kier molecular flexibility index (Phi) is 3.97. The lowest BCUT2D eigenvalue weighted by atomic mass is 10.0. The van der Waals surface area contributed by atoms with Crippen LogP contribution in [0.3, 0.4) is 0 Å². The summed E-state index contributed by atoms with van der Waals surface area (Å²) in [5.41, 5.74) is 7.55. The smallest absolute Gasteiger partial charge is 0.164 e. The zero-order chi connectivity index (χ0) is 11.6. The Bertz CT molecular complexity index is 359. The molecular formula is C12H17ClFN. The summed E-state index contributed by atoms with van der Waals surface area (Å²) in [6.45, 7) is 5.93. The van der Waals surface area contributed by atoms with Gasteiger partial charge < -0.3 is 5.73 Å². The highest BCUT2D eigenvalue weighted by atomic mass is 35.5. The minimum Gasteiger partial charge on any atom is -0.396 e. The van der Waals surface area contributed by atoms with Crippen LogP contribution in [0.2, 0.25) is 5.02 Å². The minimum atomic E-state index is -0.464. The Labute approximate surface area is 95.4 Å². The molecule has 0 atom stereocenters. The van der Waals surface area contributed by atoms with E-state index in [0.717, 1.165) is 24.0 Å². The predicted octanol–water partition coefficient (Wildman–Crippen LogP) is 4.27. The molecule has 1 nitrogen and oxygen atoms in total. The van der Waals surface area contributed by atoms with Gasteiger partial charge in [0, 0.05) is 0 Å². The molecule has 0 amide bonds. The van der Waals surface area contributed by atoms with Crippen LogP contribution in [0.1, 0.15) is 43.7 Å². The highest BCUT2D eigenvalue weighted by molar-refractivity contribution is 6.32. The minimum absolute atomic E-state index is 0.145. The summed E-state index contributed by atoms with van der Waals surface area (Å²) in [6.07, 6.45) is 2.23. The number of hydrogen-bond donors (Lipinski definition) is 1. The molecule has 1 aromatic rings. The first-order valence-electron chi connectivity index (χ1n) is 5.35. The van der Waals surface area contributed by atoms with Crippen molar-refractivity contribution in [2.75, 3.05) is 5.73 Å². The second kappa shape index (κ2) is 4.84. The highest BCUT2D eigenvalue weighted by Crippen LogP contribution is 2.46. The van der Waals surface area contributed by atoms with Gasteiger partial charge in [0.25, 0.3) is 0 Å². The van der Waals surface area contributed by atoms with Crippen molar-refractivity contribution in [1.29, 1.82) is 0 Å². The fraction of sp³-hybridized carbons (Fsp3) is 0.500. The number of halogens is 2. The van der Waals surface area contributed by atoms with Crippen LogP contribution in [-0.2, 0) is 0 Å². The molecule has 0 bridgehead atoms. The fourth-order valence-electron chi connectivity index (χ4n) is 1.67. The van der Waals surface area contributed by atoms with Crippen LogP contribution in [0.25, 0.3) is 0 Å². The van der Waals surface area contributed by atoms with Gasteiger partial charge in [-0.05, 0) is 42.9 Å². The Morgan fingerprint density at radius 2 is 1.93 bits per heavy atom. The van der Waals surface area contributed by atoms with Crippen molar-refractivity contribution in [2.45, 2.75) is 39.5 Å². The molecular weight excluding hydrogens is 213 g/mol. The van der Waals surface area contributed by atoms with E-state index in [1.165, 1.54) is 0 Å². The first kappa shape index (κ1) is 12.3. The molecule has 1 aliphatic rings. The normalized spacial score (nSPS) is 14.5. The second-order valence-electron chi connectivity index (χ2n) is 3.60. The van der Waals surface area contributed by atoms with Crippen molar-refractivity contribution in [1.82, 2.24) is 0 Å². The zero-order valence-corrected chi connectivity index (χ0v) is 10.2. The Hall–Kier alpha value is -0.760. The molecule has 0 aromatic heterocycles. The summed E-state index contributed by atoms with van der Waals surface area (Å²) in [6, 6.07) is 1.66. The van der Waals surface area contributed by atoms with Crippen LogP contribution >= 0.6 is 11.6 Å². The lowest BCUT2D eigenvalue weighted by molar-refractivity contribution is 0.630. The third-order valence-corrected chi connectivity index (χ3v) is 2.83. The number of nitrogens with two attached hydrogens (primary N) is 1. The zero-order valence-electron chi connectivity index (χ0n) is 9.40. The molecule has 0 saturated heterocycles. The van der Waals surface area contributed by atoms with E-state index in [-0.39, 0.29) is 10.7 Å². The van der Waals surface area contributed by atoms with Gasteiger partial charge in [0.1, 0.15) is 0 Å². The third kappa shape index (κ3) is 2.43. The molecule has 0 heterocycles. The monoisotopic (exact) mass is 229 g/mol. The number of rotatable bonds is 1. The molecule has 0 aliphatic heterocycles. The number of nitrogen functional groups attached to an aromatic ring is 1. The largest absolute Gasteiger partial charge is 0.396 e. The number of benzene rings is 1. The van der Waals surface area contributed by atoms with Gasteiger partial charge in [0.15, 0.2) is 5.82 Å². The summed E-state index contributed by atoms with van der Waals surface area (Å²) < 4.78 is 13.3. The topological polar surface area (TPSA) is 26.0 Å². The predicted molar refractivity (Wildman–Crippen MR) is 63.9 cm³/mol. The van der Waals surface area contributed by atoms with Crippen LogP contribution in [0, 0.1) is 12.7 Å². The maximum atomic E-state index is 13.3. The van der Waals surface area contributed by atoms with E-state index >= 15 is 0 Å². The molecule has 1 aromatic carbocycles. The lowest BCUT2D eigenvalue weighted by Crippen LogP contribution is -1.97. The average molecular weight is 230 g/mol. The van der Waals surface area contributed by atoms with Crippen LogP contribution in [-0.4, -0.2) is 0 Å². The van der Waals surface area contributed by atoms with Crippen molar-refractivity contribution in [3.05, 3.63) is 28.0 Å². The molecule has 1 saturated carbocycles. The maximum Gasteiger partial charge on any atom is 0.164 e. The van der Waals surface area contributed by atoms with E-state index in [4.69, 9.17) is 17.3 Å². The highest BCUT2D eigenvalue weighted by Gasteiger charge is 2.29. The molecule has 3 heteroatoms. The van der Waals surface area contributed by atoms with Gasteiger partial charge in [-0.2, -0.15) is 0 Å². The average Bonchev–Trinajstić information content (AvgIpc) is 3.02. The van der Waals surface area contributed by atoms with Crippen molar-refractivity contribution < 1.29 is 4.39 Å². The quantitative estimate of drug-likeness (QED) is 0.715. The first-order valence-corrected chi connectivity index (χ1v) is 5.73. The fourth-order valence-corrected chi connectivity index (χ4v) is 2.08. The molecule has 1 fully saturated rings. The van der Waals surface area contributed by atoms with E-state index in [0.29, 0.717) is 5.92 Å². The molecule has 84 valence electrons. The van der Waals surface area contributed by atoms with Gasteiger partial charge in [-0.1, -0.05) is 25.4 Å². The van der Waals surface area contributed by atoms with Crippen LogP contribution in [0.15, 0.2) is 6.07 Å². The molecule has 2 N–H and O–H groups in total. The van der Waals surface area contributed by atoms with Crippen molar-refractivity contribution in [3.63, 3.8) is 0 Å². The SMILES string of the molecule is CC.Cc1cc(N)c(F)c(Cl)c1C1CC1. The molecule has 15 heavy (non-hydrogen) atoms. The second-order valence-corrected chi connectivity index (χ2v) is 3.98. The van der Waals surface area contributed by atoms with Crippen LogP contribution in [0.4, 0.5) is 10.1 Å². The van der Waals surface area contributed by atoms with E-state index < -0.39 is 5.82 Å². The van der Waals surface area contributed by atoms with Crippen molar-refractivity contribution in [2.24, 2.45) is 0 Å². The lowest BCUT2D eigenvalue weighted by Gasteiger charge is -2.09. The number of aryl methyl sites for hydroxylation is 1. The standard InChI is InChI=1S/C10H11ClFN.C2H6/c1-5-4-7(13)10(12)9(11)8(5)6-2-3-6;1-2/h4,6H,2-3,13H2,1H3;1-2H3. The molecule has 2 rings (SSSR count). The Morgan fingerprint density at radius 1 is 1.40 bits per heavy atom. The maximum absolute atomic E-state index is 13.3. The van der Waals surface area contributed by atoms with Gasteiger partial charge in [-0.3, -0.25) is 0 Å². The number of hydrogen-bond acceptors (Lipinski definition) is 1. The van der Waals surface area contributed by atoms with Gasteiger partial charge in [-0.25, -0.2) is 4.39 Å². The summed E-state index contributed by atoms with van der Waals surface area (Å²) in [5, 5.41) is 0.222. The Balaban J connectivity index is 0.000000531. The third-order valence-electron chi connectivity index (χ3n) is 2.47. The Morgan fingerprint density at radius 3 is 2.40 bits per heavy atom. The van der Waals surface area contributed by atoms with E-state index in [1.54, 1.807) is 6.07 Å². The van der Waals surface area contributed by atoms with Gasteiger partial charge in [0.2, 0.25) is 0 Å². The van der Waals surface area contributed by atoms with E-state index in [1.807, 2.05) is 20.8 Å². The summed E-state index contributed by atoms with van der Waals surface area (Å²) in [4.78, 5) is 0. The van der Waals surface area contributed by atoms with E-state index in [2.05, 4.69) is 0 Å².